The molecular formula is C26H29FN2O2. The summed E-state index contributed by atoms with van der Waals surface area (Å²) < 4.78 is 19.3. The second-order valence-corrected chi connectivity index (χ2v) is 8.06. The highest BCUT2D eigenvalue weighted by atomic mass is 19.1. The van der Waals surface area contributed by atoms with Gasteiger partial charge in [-0.1, -0.05) is 54.6 Å². The number of aliphatic hydroxyl groups excluding tert-OH is 1. The molecule has 2 N–H and O–H groups in total. The standard InChI is InChI=1S/C26H29FN2O2/c27-24-10-5-6-20(14-24)15-28-16-22-8-3-4-11-26(22)31-19-25(30)18-29-13-12-21-7-1-2-9-23(21)17-29/h1-11,14,25,28,30H,12-13,15-19H2. The minimum absolute atomic E-state index is 0.228. The number of hydrogen-bond acceptors (Lipinski definition) is 4. The Kier molecular flexibility index (Phi) is 7.30. The molecule has 0 saturated heterocycles. The van der Waals surface area contributed by atoms with E-state index in [4.69, 9.17) is 4.74 Å². The van der Waals surface area contributed by atoms with Gasteiger partial charge in [0, 0.05) is 38.3 Å². The third kappa shape index (κ3) is 6.14. The minimum Gasteiger partial charge on any atom is -0.491 e. The Labute approximate surface area is 183 Å². The van der Waals surface area contributed by atoms with Crippen molar-refractivity contribution in [2.24, 2.45) is 0 Å². The van der Waals surface area contributed by atoms with Crippen molar-refractivity contribution >= 4 is 0 Å². The van der Waals surface area contributed by atoms with Crippen LogP contribution in [0.4, 0.5) is 4.39 Å². The molecule has 0 radical (unpaired) electrons. The van der Waals surface area contributed by atoms with Crippen molar-refractivity contribution in [3.05, 3.63) is 101 Å². The number of β-amino-alcohol motifs (C(OH)–C–C–N with tert-alkyl or cyclic N) is 1. The van der Waals surface area contributed by atoms with Gasteiger partial charge < -0.3 is 15.2 Å². The summed E-state index contributed by atoms with van der Waals surface area (Å²) in [6.45, 7) is 3.84. The molecule has 3 aromatic rings. The van der Waals surface area contributed by atoms with Gasteiger partial charge in [-0.15, -0.1) is 0 Å². The van der Waals surface area contributed by atoms with Gasteiger partial charge in [-0.3, -0.25) is 4.90 Å². The summed E-state index contributed by atoms with van der Waals surface area (Å²) in [6, 6.07) is 22.9. The maximum atomic E-state index is 13.3. The van der Waals surface area contributed by atoms with Gasteiger partial charge in [0.05, 0.1) is 0 Å². The fourth-order valence-corrected chi connectivity index (χ4v) is 4.03. The lowest BCUT2D eigenvalue weighted by molar-refractivity contribution is 0.0634. The average molecular weight is 421 g/mol. The highest BCUT2D eigenvalue weighted by molar-refractivity contribution is 5.33. The van der Waals surface area contributed by atoms with Crippen LogP contribution in [-0.4, -0.2) is 35.8 Å². The predicted octanol–water partition coefficient (Wildman–Crippen LogP) is 3.91. The minimum atomic E-state index is -0.557. The molecule has 162 valence electrons. The molecule has 0 amide bonds. The van der Waals surface area contributed by atoms with Gasteiger partial charge in [-0.2, -0.15) is 0 Å². The summed E-state index contributed by atoms with van der Waals surface area (Å²) in [7, 11) is 0. The van der Waals surface area contributed by atoms with Gasteiger partial charge in [-0.25, -0.2) is 4.39 Å². The third-order valence-electron chi connectivity index (χ3n) is 5.62. The lowest BCUT2D eigenvalue weighted by Gasteiger charge is -2.30. The third-order valence-corrected chi connectivity index (χ3v) is 5.62. The zero-order valence-electron chi connectivity index (χ0n) is 17.6. The van der Waals surface area contributed by atoms with E-state index in [9.17, 15) is 9.50 Å². The molecule has 0 bridgehead atoms. The van der Waals surface area contributed by atoms with E-state index in [1.807, 2.05) is 30.3 Å². The van der Waals surface area contributed by atoms with Crippen LogP contribution in [0.2, 0.25) is 0 Å². The Morgan fingerprint density at radius 1 is 0.968 bits per heavy atom. The SMILES string of the molecule is OC(COc1ccccc1CNCc1cccc(F)c1)CN1CCc2ccccc2C1. The number of fused-ring (bicyclic) bond motifs is 1. The number of hydrogen-bond donors (Lipinski definition) is 2. The number of aliphatic hydroxyl groups is 1. The van der Waals surface area contributed by atoms with Crippen molar-refractivity contribution in [3.8, 4) is 5.75 Å². The second-order valence-electron chi connectivity index (χ2n) is 8.06. The van der Waals surface area contributed by atoms with Crippen molar-refractivity contribution in [2.45, 2.75) is 32.2 Å². The van der Waals surface area contributed by atoms with Crippen LogP contribution in [0.3, 0.4) is 0 Å². The number of benzene rings is 3. The zero-order valence-corrected chi connectivity index (χ0v) is 17.6. The number of ether oxygens (including phenoxy) is 1. The summed E-state index contributed by atoms with van der Waals surface area (Å²) in [5.41, 5.74) is 4.66. The molecule has 31 heavy (non-hydrogen) atoms. The lowest BCUT2D eigenvalue weighted by atomic mass is 10.00. The number of nitrogens with one attached hydrogen (secondary N) is 1. The van der Waals surface area contributed by atoms with Crippen LogP contribution in [0, 0.1) is 5.82 Å². The van der Waals surface area contributed by atoms with E-state index in [0.29, 0.717) is 19.6 Å². The Bertz CT molecular complexity index is 994. The zero-order chi connectivity index (χ0) is 21.5. The maximum Gasteiger partial charge on any atom is 0.123 e. The van der Waals surface area contributed by atoms with E-state index in [2.05, 4.69) is 34.5 Å². The van der Waals surface area contributed by atoms with Gasteiger partial charge in [0.2, 0.25) is 0 Å². The molecule has 4 nitrogen and oxygen atoms in total. The number of rotatable bonds is 9. The van der Waals surface area contributed by atoms with Gasteiger partial charge in [-0.05, 0) is 41.3 Å². The van der Waals surface area contributed by atoms with E-state index in [-0.39, 0.29) is 12.4 Å². The Balaban J connectivity index is 1.26. The molecule has 0 aliphatic carbocycles. The van der Waals surface area contributed by atoms with Crippen molar-refractivity contribution in [1.29, 1.82) is 0 Å². The second kappa shape index (κ2) is 10.5. The summed E-state index contributed by atoms with van der Waals surface area (Å²) in [5.74, 6) is 0.534. The van der Waals surface area contributed by atoms with Crippen molar-refractivity contribution in [2.75, 3.05) is 19.7 Å². The Hall–Kier alpha value is -2.73. The first-order valence-corrected chi connectivity index (χ1v) is 10.8. The average Bonchev–Trinajstić information content (AvgIpc) is 2.78. The van der Waals surface area contributed by atoms with Gasteiger partial charge >= 0.3 is 0 Å². The van der Waals surface area contributed by atoms with Crippen molar-refractivity contribution in [3.63, 3.8) is 0 Å². The molecule has 1 aliphatic heterocycles. The van der Waals surface area contributed by atoms with Gasteiger partial charge in [0.25, 0.3) is 0 Å². The van der Waals surface area contributed by atoms with Crippen LogP contribution in [0.15, 0.2) is 72.8 Å². The molecule has 1 heterocycles. The fraction of sp³-hybridized carbons (Fsp3) is 0.308. The van der Waals surface area contributed by atoms with Crippen LogP contribution in [-0.2, 0) is 26.1 Å². The normalized spacial score (nSPS) is 14.8. The molecule has 1 atom stereocenters. The molecule has 0 aromatic heterocycles. The summed E-state index contributed by atoms with van der Waals surface area (Å²) >= 11 is 0. The van der Waals surface area contributed by atoms with E-state index in [1.165, 1.54) is 23.3 Å². The summed E-state index contributed by atoms with van der Waals surface area (Å²) in [4.78, 5) is 2.28. The first-order valence-electron chi connectivity index (χ1n) is 10.8. The topological polar surface area (TPSA) is 44.7 Å². The molecule has 0 spiro atoms. The fourth-order valence-electron chi connectivity index (χ4n) is 4.03. The smallest absolute Gasteiger partial charge is 0.123 e. The largest absolute Gasteiger partial charge is 0.491 e. The molecule has 5 heteroatoms. The number of halogens is 1. The van der Waals surface area contributed by atoms with Crippen LogP contribution < -0.4 is 10.1 Å². The molecule has 1 unspecified atom stereocenters. The van der Waals surface area contributed by atoms with Crippen LogP contribution >= 0.6 is 0 Å². The van der Waals surface area contributed by atoms with E-state index >= 15 is 0 Å². The molecule has 1 aliphatic rings. The molecule has 0 fully saturated rings. The molecule has 0 saturated carbocycles. The molecule has 3 aromatic carbocycles. The van der Waals surface area contributed by atoms with Gasteiger partial charge in [0.15, 0.2) is 0 Å². The summed E-state index contributed by atoms with van der Waals surface area (Å²) in [5, 5.41) is 13.9. The van der Waals surface area contributed by atoms with E-state index < -0.39 is 6.10 Å². The number of nitrogens with zero attached hydrogens (tertiary/aromatic N) is 1. The molecular weight excluding hydrogens is 391 g/mol. The quantitative estimate of drug-likeness (QED) is 0.551. The lowest BCUT2D eigenvalue weighted by Crippen LogP contribution is -2.38. The number of para-hydroxylation sites is 1. The first kappa shape index (κ1) is 21.5. The van der Waals surface area contributed by atoms with Crippen LogP contribution in [0.1, 0.15) is 22.3 Å². The molecule has 4 rings (SSSR count). The highest BCUT2D eigenvalue weighted by Crippen LogP contribution is 2.20. The van der Waals surface area contributed by atoms with Crippen LogP contribution in [0.25, 0.3) is 0 Å². The van der Waals surface area contributed by atoms with E-state index in [0.717, 1.165) is 36.4 Å². The highest BCUT2D eigenvalue weighted by Gasteiger charge is 2.19. The Morgan fingerprint density at radius 2 is 1.77 bits per heavy atom. The maximum absolute atomic E-state index is 13.3. The van der Waals surface area contributed by atoms with Crippen LogP contribution in [0.5, 0.6) is 5.75 Å². The van der Waals surface area contributed by atoms with Crippen molar-refractivity contribution in [1.82, 2.24) is 10.2 Å². The van der Waals surface area contributed by atoms with Crippen molar-refractivity contribution < 1.29 is 14.2 Å². The Morgan fingerprint density at radius 3 is 2.65 bits per heavy atom. The summed E-state index contributed by atoms with van der Waals surface area (Å²) in [6.07, 6.45) is 0.461. The monoisotopic (exact) mass is 420 g/mol. The first-order chi connectivity index (χ1) is 15.2. The predicted molar refractivity (Wildman–Crippen MR) is 120 cm³/mol. The van der Waals surface area contributed by atoms with Gasteiger partial charge in [0.1, 0.15) is 24.3 Å². The van der Waals surface area contributed by atoms with E-state index in [1.54, 1.807) is 6.07 Å².